The molecule has 3 rings (SSSR count). The Morgan fingerprint density at radius 2 is 1.87 bits per heavy atom. The van der Waals surface area contributed by atoms with Crippen LogP contribution in [0.1, 0.15) is 18.4 Å². The molecule has 0 unspecified atom stereocenters. The molecule has 2 heterocycles. The molecule has 2 saturated heterocycles. The minimum Gasteiger partial charge on any atom is -0.496 e. The van der Waals surface area contributed by atoms with Crippen molar-refractivity contribution in [2.45, 2.75) is 19.4 Å². The van der Waals surface area contributed by atoms with Gasteiger partial charge in [-0.1, -0.05) is 0 Å². The molecule has 0 N–H and O–H groups in total. The number of rotatable bonds is 5. The van der Waals surface area contributed by atoms with Crippen LogP contribution >= 0.6 is 0 Å². The van der Waals surface area contributed by atoms with Crippen LogP contribution in [-0.2, 0) is 11.3 Å². The van der Waals surface area contributed by atoms with Gasteiger partial charge in [-0.15, -0.1) is 0 Å². The van der Waals surface area contributed by atoms with Crippen molar-refractivity contribution in [1.29, 1.82) is 0 Å². The molecule has 0 amide bonds. The molecule has 0 aromatic heterocycles. The molecule has 2 aliphatic heterocycles. The average molecular weight is 322 g/mol. The number of hydrogen-bond donors (Lipinski definition) is 0. The standard InChI is InChI=1S/C18H27FN2O2/c1-22-18-3-2-17(19)12-16(18)14-20-6-4-15(5-7-20)13-21-8-10-23-11-9-21/h2-3,12,15H,4-11,13-14H2,1H3. The zero-order valence-electron chi connectivity index (χ0n) is 14.0. The number of ether oxygens (including phenoxy) is 2. The van der Waals surface area contributed by atoms with E-state index in [2.05, 4.69) is 9.80 Å². The molecule has 0 radical (unpaired) electrons. The maximum absolute atomic E-state index is 13.5. The monoisotopic (exact) mass is 322 g/mol. The second-order valence-corrected chi connectivity index (χ2v) is 6.59. The molecular weight excluding hydrogens is 295 g/mol. The number of nitrogens with zero attached hydrogens (tertiary/aromatic N) is 2. The summed E-state index contributed by atoms with van der Waals surface area (Å²) in [5, 5.41) is 0. The molecule has 2 aliphatic rings. The lowest BCUT2D eigenvalue weighted by molar-refractivity contribution is 0.0242. The van der Waals surface area contributed by atoms with E-state index in [1.807, 2.05) is 0 Å². The van der Waals surface area contributed by atoms with Gasteiger partial charge < -0.3 is 9.47 Å². The number of likely N-dealkylation sites (tertiary alicyclic amines) is 1. The van der Waals surface area contributed by atoms with E-state index < -0.39 is 0 Å². The van der Waals surface area contributed by atoms with Gasteiger partial charge in [-0.2, -0.15) is 0 Å². The number of hydrogen-bond acceptors (Lipinski definition) is 4. The van der Waals surface area contributed by atoms with E-state index in [0.717, 1.165) is 63.2 Å². The fraction of sp³-hybridized carbons (Fsp3) is 0.667. The summed E-state index contributed by atoms with van der Waals surface area (Å²) >= 11 is 0. The molecular formula is C18H27FN2O2. The van der Waals surface area contributed by atoms with Gasteiger partial charge in [0.1, 0.15) is 11.6 Å². The van der Waals surface area contributed by atoms with Gasteiger partial charge in [0.2, 0.25) is 0 Å². The molecule has 5 heteroatoms. The average Bonchev–Trinajstić information content (AvgIpc) is 2.58. The predicted molar refractivity (Wildman–Crippen MR) is 88.2 cm³/mol. The number of halogens is 1. The fourth-order valence-corrected chi connectivity index (χ4v) is 3.59. The molecule has 0 aliphatic carbocycles. The Labute approximate surface area is 138 Å². The van der Waals surface area contributed by atoms with Gasteiger partial charge in [-0.3, -0.25) is 9.80 Å². The summed E-state index contributed by atoms with van der Waals surface area (Å²) in [5.74, 6) is 1.36. The van der Waals surface area contributed by atoms with E-state index in [9.17, 15) is 4.39 Å². The van der Waals surface area contributed by atoms with Crippen molar-refractivity contribution in [3.8, 4) is 5.75 Å². The van der Waals surface area contributed by atoms with Crippen molar-refractivity contribution in [3.63, 3.8) is 0 Å². The predicted octanol–water partition coefficient (Wildman–Crippen LogP) is 2.38. The third-order valence-electron chi connectivity index (χ3n) is 4.96. The summed E-state index contributed by atoms with van der Waals surface area (Å²) in [6.45, 7) is 8.01. The Bertz CT molecular complexity index is 498. The molecule has 0 bridgehead atoms. The van der Waals surface area contributed by atoms with E-state index in [1.54, 1.807) is 19.2 Å². The minimum atomic E-state index is -0.192. The van der Waals surface area contributed by atoms with Gasteiger partial charge >= 0.3 is 0 Å². The maximum atomic E-state index is 13.5. The summed E-state index contributed by atoms with van der Waals surface area (Å²) in [5.41, 5.74) is 0.944. The zero-order valence-corrected chi connectivity index (χ0v) is 14.0. The van der Waals surface area contributed by atoms with Crippen molar-refractivity contribution in [1.82, 2.24) is 9.80 Å². The first kappa shape index (κ1) is 16.7. The smallest absolute Gasteiger partial charge is 0.123 e. The van der Waals surface area contributed by atoms with Crippen LogP contribution in [0.2, 0.25) is 0 Å². The van der Waals surface area contributed by atoms with Crippen LogP contribution < -0.4 is 4.74 Å². The highest BCUT2D eigenvalue weighted by Crippen LogP contribution is 2.25. The van der Waals surface area contributed by atoms with Crippen molar-refractivity contribution in [2.75, 3.05) is 53.0 Å². The van der Waals surface area contributed by atoms with Crippen LogP contribution in [0.25, 0.3) is 0 Å². The van der Waals surface area contributed by atoms with Crippen LogP contribution in [0.3, 0.4) is 0 Å². The molecule has 1 aromatic rings. The number of piperidine rings is 1. The highest BCUT2D eigenvalue weighted by Gasteiger charge is 2.23. The molecule has 0 saturated carbocycles. The lowest BCUT2D eigenvalue weighted by Gasteiger charge is -2.36. The van der Waals surface area contributed by atoms with Gasteiger partial charge in [0, 0.05) is 31.7 Å². The summed E-state index contributed by atoms with van der Waals surface area (Å²) < 4.78 is 24.2. The van der Waals surface area contributed by atoms with Crippen molar-refractivity contribution < 1.29 is 13.9 Å². The normalized spacial score (nSPS) is 21.5. The lowest BCUT2D eigenvalue weighted by Crippen LogP contribution is -2.42. The van der Waals surface area contributed by atoms with Crippen LogP contribution in [0, 0.1) is 11.7 Å². The summed E-state index contributed by atoms with van der Waals surface area (Å²) in [7, 11) is 1.64. The van der Waals surface area contributed by atoms with E-state index in [0.29, 0.717) is 0 Å². The third kappa shape index (κ3) is 4.66. The van der Waals surface area contributed by atoms with Crippen molar-refractivity contribution in [3.05, 3.63) is 29.6 Å². The van der Waals surface area contributed by atoms with Crippen LogP contribution in [0.4, 0.5) is 4.39 Å². The summed E-state index contributed by atoms with van der Waals surface area (Å²) in [6.07, 6.45) is 2.43. The lowest BCUT2D eigenvalue weighted by atomic mass is 9.95. The first-order chi connectivity index (χ1) is 11.2. The molecule has 4 nitrogen and oxygen atoms in total. The zero-order chi connectivity index (χ0) is 16.1. The topological polar surface area (TPSA) is 24.9 Å². The van der Waals surface area contributed by atoms with Crippen LogP contribution in [0.15, 0.2) is 18.2 Å². The van der Waals surface area contributed by atoms with E-state index in [-0.39, 0.29) is 5.82 Å². The SMILES string of the molecule is COc1ccc(F)cc1CN1CCC(CN2CCOCC2)CC1. The van der Waals surface area contributed by atoms with E-state index in [4.69, 9.17) is 9.47 Å². The molecule has 1 aromatic carbocycles. The Morgan fingerprint density at radius 3 is 2.57 bits per heavy atom. The highest BCUT2D eigenvalue weighted by molar-refractivity contribution is 5.33. The van der Waals surface area contributed by atoms with Crippen molar-refractivity contribution >= 4 is 0 Å². The van der Waals surface area contributed by atoms with Gasteiger partial charge in [0.15, 0.2) is 0 Å². The Balaban J connectivity index is 1.48. The number of benzene rings is 1. The number of methoxy groups -OCH3 is 1. The Hall–Kier alpha value is -1.17. The number of morpholine rings is 1. The maximum Gasteiger partial charge on any atom is 0.123 e. The van der Waals surface area contributed by atoms with Gasteiger partial charge in [0.05, 0.1) is 20.3 Å². The highest BCUT2D eigenvalue weighted by atomic mass is 19.1. The van der Waals surface area contributed by atoms with E-state index in [1.165, 1.54) is 25.5 Å². The molecule has 128 valence electrons. The first-order valence-electron chi connectivity index (χ1n) is 8.59. The summed E-state index contributed by atoms with van der Waals surface area (Å²) in [6, 6.07) is 4.77. The fourth-order valence-electron chi connectivity index (χ4n) is 3.59. The second kappa shape index (κ2) is 8.08. The van der Waals surface area contributed by atoms with Gasteiger partial charge in [-0.05, 0) is 50.0 Å². The van der Waals surface area contributed by atoms with Crippen molar-refractivity contribution in [2.24, 2.45) is 5.92 Å². The third-order valence-corrected chi connectivity index (χ3v) is 4.96. The largest absolute Gasteiger partial charge is 0.496 e. The second-order valence-electron chi connectivity index (χ2n) is 6.59. The molecule has 23 heavy (non-hydrogen) atoms. The van der Waals surface area contributed by atoms with Gasteiger partial charge in [0.25, 0.3) is 0 Å². The van der Waals surface area contributed by atoms with Gasteiger partial charge in [-0.25, -0.2) is 4.39 Å². The Morgan fingerprint density at radius 1 is 1.13 bits per heavy atom. The first-order valence-corrected chi connectivity index (χ1v) is 8.59. The van der Waals surface area contributed by atoms with E-state index >= 15 is 0 Å². The minimum absolute atomic E-state index is 0.192. The van der Waals surface area contributed by atoms with Crippen LogP contribution in [0.5, 0.6) is 5.75 Å². The Kier molecular flexibility index (Phi) is 5.86. The molecule has 0 spiro atoms. The quantitative estimate of drug-likeness (QED) is 0.831. The molecule has 0 atom stereocenters. The molecule has 2 fully saturated rings. The van der Waals surface area contributed by atoms with Crippen LogP contribution in [-0.4, -0.2) is 62.8 Å². The summed E-state index contributed by atoms with van der Waals surface area (Å²) in [4.78, 5) is 4.94.